The lowest BCUT2D eigenvalue weighted by atomic mass is 10.1. The second-order valence-corrected chi connectivity index (χ2v) is 7.56. The minimum atomic E-state index is -0.221. The Morgan fingerprint density at radius 1 is 0.939 bits per heavy atom. The number of hydrogen-bond donors (Lipinski definition) is 1. The molecule has 33 heavy (non-hydrogen) atoms. The maximum absolute atomic E-state index is 13.1. The molecule has 0 saturated carbocycles. The molecule has 1 amide bonds. The van der Waals surface area contributed by atoms with E-state index >= 15 is 0 Å². The highest BCUT2D eigenvalue weighted by atomic mass is 16.5. The summed E-state index contributed by atoms with van der Waals surface area (Å²) >= 11 is 0. The van der Waals surface area contributed by atoms with Gasteiger partial charge in [0.25, 0.3) is 5.56 Å². The first kappa shape index (κ1) is 20.5. The van der Waals surface area contributed by atoms with E-state index in [1.54, 1.807) is 21.1 Å². The van der Waals surface area contributed by atoms with Crippen LogP contribution in [-0.2, 0) is 11.3 Å². The molecule has 1 N–H and O–H groups in total. The largest absolute Gasteiger partial charge is 0.494 e. The molecule has 5 aromatic rings. The molecule has 0 saturated heterocycles. The number of hydrogen-bond acceptors (Lipinski definition) is 4. The summed E-state index contributed by atoms with van der Waals surface area (Å²) in [4.78, 5) is 30.8. The molecule has 0 atom stereocenters. The first-order valence-electron chi connectivity index (χ1n) is 10.7. The molecule has 0 aliphatic heterocycles. The standard InChI is InChI=1S/C26H22N4O3/c1-2-33-20-14-12-19(13-15-20)27-24(31)17-29-22-10-6-7-11-23(22)30-25(32)16-21(28-26(29)30)18-8-4-3-5-9-18/h3-16H,2,17H2,1H3,(H,27,31). The smallest absolute Gasteiger partial charge is 0.260 e. The Morgan fingerprint density at radius 3 is 2.36 bits per heavy atom. The average Bonchev–Trinajstić information content (AvgIpc) is 3.15. The van der Waals surface area contributed by atoms with Crippen molar-refractivity contribution in [3.05, 3.63) is 95.3 Å². The normalized spacial score (nSPS) is 11.1. The van der Waals surface area contributed by atoms with Gasteiger partial charge in [0.2, 0.25) is 11.7 Å². The van der Waals surface area contributed by atoms with E-state index in [1.807, 2.05) is 73.7 Å². The highest BCUT2D eigenvalue weighted by Gasteiger charge is 2.17. The fourth-order valence-corrected chi connectivity index (χ4v) is 3.92. The van der Waals surface area contributed by atoms with Crippen LogP contribution in [0, 0.1) is 0 Å². The van der Waals surface area contributed by atoms with Crippen molar-refractivity contribution in [1.29, 1.82) is 0 Å². The van der Waals surface area contributed by atoms with Gasteiger partial charge in [-0.2, -0.15) is 0 Å². The number of rotatable bonds is 6. The molecule has 7 heteroatoms. The molecule has 2 aromatic heterocycles. The predicted molar refractivity (Wildman–Crippen MR) is 129 cm³/mol. The van der Waals surface area contributed by atoms with Gasteiger partial charge in [-0.25, -0.2) is 9.38 Å². The number of ether oxygens (including phenoxy) is 1. The fraction of sp³-hybridized carbons (Fsp3) is 0.115. The van der Waals surface area contributed by atoms with Crippen LogP contribution in [0.25, 0.3) is 28.1 Å². The summed E-state index contributed by atoms with van der Waals surface area (Å²) in [7, 11) is 0. The number of fused-ring (bicyclic) bond motifs is 3. The van der Waals surface area contributed by atoms with Gasteiger partial charge in [0.1, 0.15) is 12.3 Å². The number of amides is 1. The van der Waals surface area contributed by atoms with Crippen molar-refractivity contribution in [1.82, 2.24) is 14.0 Å². The van der Waals surface area contributed by atoms with Gasteiger partial charge in [-0.05, 0) is 43.3 Å². The zero-order valence-electron chi connectivity index (χ0n) is 18.1. The van der Waals surface area contributed by atoms with Crippen molar-refractivity contribution in [2.24, 2.45) is 0 Å². The SMILES string of the molecule is CCOc1ccc(NC(=O)Cn2c3ccccc3n3c(=O)cc(-c4ccccc4)nc23)cc1. The molecule has 0 radical (unpaired) electrons. The van der Waals surface area contributed by atoms with E-state index in [0.717, 1.165) is 16.8 Å². The van der Waals surface area contributed by atoms with Gasteiger partial charge in [-0.15, -0.1) is 0 Å². The van der Waals surface area contributed by atoms with Crippen LogP contribution in [-0.4, -0.2) is 26.5 Å². The molecule has 3 aromatic carbocycles. The molecule has 0 unspecified atom stereocenters. The van der Waals surface area contributed by atoms with E-state index in [-0.39, 0.29) is 18.0 Å². The molecule has 164 valence electrons. The van der Waals surface area contributed by atoms with Crippen molar-refractivity contribution in [3.63, 3.8) is 0 Å². The summed E-state index contributed by atoms with van der Waals surface area (Å²) in [5, 5.41) is 2.91. The van der Waals surface area contributed by atoms with Gasteiger partial charge < -0.3 is 14.6 Å². The molecule has 0 aliphatic carbocycles. The van der Waals surface area contributed by atoms with Gasteiger partial charge in [0.15, 0.2) is 0 Å². The van der Waals surface area contributed by atoms with Crippen molar-refractivity contribution in [3.8, 4) is 17.0 Å². The predicted octanol–water partition coefficient (Wildman–Crippen LogP) is 4.35. The van der Waals surface area contributed by atoms with Crippen LogP contribution in [0.5, 0.6) is 5.75 Å². The highest BCUT2D eigenvalue weighted by molar-refractivity contribution is 5.92. The Labute approximate surface area is 189 Å². The van der Waals surface area contributed by atoms with Crippen LogP contribution < -0.4 is 15.6 Å². The molecule has 2 heterocycles. The first-order valence-corrected chi connectivity index (χ1v) is 10.7. The van der Waals surface area contributed by atoms with Crippen LogP contribution in [0.3, 0.4) is 0 Å². The number of benzene rings is 3. The van der Waals surface area contributed by atoms with E-state index in [0.29, 0.717) is 29.3 Å². The Bertz CT molecular complexity index is 1500. The third kappa shape index (κ3) is 3.96. The van der Waals surface area contributed by atoms with Gasteiger partial charge >= 0.3 is 0 Å². The third-order valence-electron chi connectivity index (χ3n) is 5.38. The van der Waals surface area contributed by atoms with Gasteiger partial charge in [-0.3, -0.25) is 9.59 Å². The Kier molecular flexibility index (Phi) is 5.36. The van der Waals surface area contributed by atoms with E-state index in [1.165, 1.54) is 6.07 Å². The van der Waals surface area contributed by atoms with Crippen molar-refractivity contribution < 1.29 is 9.53 Å². The fourth-order valence-electron chi connectivity index (χ4n) is 3.92. The number of aromatic nitrogens is 3. The number of nitrogens with zero attached hydrogens (tertiary/aromatic N) is 3. The molecule has 0 spiro atoms. The molecule has 0 fully saturated rings. The maximum Gasteiger partial charge on any atom is 0.260 e. The molecule has 7 nitrogen and oxygen atoms in total. The van der Waals surface area contributed by atoms with E-state index in [4.69, 9.17) is 9.72 Å². The van der Waals surface area contributed by atoms with Gasteiger partial charge in [-0.1, -0.05) is 42.5 Å². The summed E-state index contributed by atoms with van der Waals surface area (Å²) < 4.78 is 8.77. The van der Waals surface area contributed by atoms with E-state index < -0.39 is 0 Å². The number of nitrogens with one attached hydrogen (secondary N) is 1. The second kappa shape index (κ2) is 8.63. The number of imidazole rings is 1. The van der Waals surface area contributed by atoms with Crippen LogP contribution in [0.2, 0.25) is 0 Å². The minimum absolute atomic E-state index is 0.00884. The summed E-state index contributed by atoms with van der Waals surface area (Å²) in [6, 6.07) is 25.8. The minimum Gasteiger partial charge on any atom is -0.494 e. The number of carbonyl (C=O) groups excluding carboxylic acids is 1. The van der Waals surface area contributed by atoms with E-state index in [2.05, 4.69) is 5.32 Å². The topological polar surface area (TPSA) is 77.6 Å². The summed E-state index contributed by atoms with van der Waals surface area (Å²) in [6.07, 6.45) is 0. The molecular weight excluding hydrogens is 416 g/mol. The zero-order valence-corrected chi connectivity index (χ0v) is 18.1. The van der Waals surface area contributed by atoms with Crippen LogP contribution in [0.4, 0.5) is 5.69 Å². The van der Waals surface area contributed by atoms with Crippen molar-refractivity contribution >= 4 is 28.4 Å². The first-order chi connectivity index (χ1) is 16.1. The second-order valence-electron chi connectivity index (χ2n) is 7.56. The third-order valence-corrected chi connectivity index (χ3v) is 5.38. The lowest BCUT2D eigenvalue weighted by molar-refractivity contribution is -0.116. The molecule has 0 bridgehead atoms. The van der Waals surface area contributed by atoms with Crippen LogP contribution >= 0.6 is 0 Å². The van der Waals surface area contributed by atoms with Crippen LogP contribution in [0.1, 0.15) is 6.92 Å². The summed E-state index contributed by atoms with van der Waals surface area (Å²) in [5.41, 5.74) is 3.34. The van der Waals surface area contributed by atoms with Gasteiger partial charge in [0.05, 0.1) is 23.3 Å². The number of para-hydroxylation sites is 2. The Hall–Kier alpha value is -4.39. The Balaban J connectivity index is 1.55. The summed E-state index contributed by atoms with van der Waals surface area (Å²) in [5.74, 6) is 0.945. The van der Waals surface area contributed by atoms with Crippen LogP contribution in [0.15, 0.2) is 89.7 Å². The molecule has 5 rings (SSSR count). The lowest BCUT2D eigenvalue weighted by Gasteiger charge is -2.09. The Morgan fingerprint density at radius 2 is 1.64 bits per heavy atom. The van der Waals surface area contributed by atoms with Crippen molar-refractivity contribution in [2.75, 3.05) is 11.9 Å². The van der Waals surface area contributed by atoms with Crippen molar-refractivity contribution in [2.45, 2.75) is 13.5 Å². The lowest BCUT2D eigenvalue weighted by Crippen LogP contribution is -2.20. The molecular formula is C26H22N4O3. The number of anilines is 1. The monoisotopic (exact) mass is 438 g/mol. The molecule has 0 aliphatic rings. The highest BCUT2D eigenvalue weighted by Crippen LogP contribution is 2.22. The number of carbonyl (C=O) groups is 1. The zero-order chi connectivity index (χ0) is 22.8. The van der Waals surface area contributed by atoms with Gasteiger partial charge in [0, 0.05) is 17.3 Å². The quantitative estimate of drug-likeness (QED) is 0.428. The maximum atomic E-state index is 13.1. The summed E-state index contributed by atoms with van der Waals surface area (Å²) in [6.45, 7) is 2.51. The van der Waals surface area contributed by atoms with E-state index in [9.17, 15) is 9.59 Å². The average molecular weight is 438 g/mol.